The van der Waals surface area contributed by atoms with Crippen LogP contribution < -0.4 is 30.2 Å². The number of alkyl halides is 2. The molecule has 0 spiro atoms. The van der Waals surface area contributed by atoms with E-state index in [-0.39, 0.29) is 43.1 Å². The van der Waals surface area contributed by atoms with Gasteiger partial charge in [0.2, 0.25) is 6.79 Å². The molecule has 1 aliphatic heterocycles. The van der Waals surface area contributed by atoms with Gasteiger partial charge in [-0.1, -0.05) is 6.07 Å². The van der Waals surface area contributed by atoms with Crippen molar-refractivity contribution in [3.8, 4) is 17.2 Å². The Balaban J connectivity index is 0.00000363. The van der Waals surface area contributed by atoms with Crippen LogP contribution in [0.25, 0.3) is 0 Å². The van der Waals surface area contributed by atoms with E-state index in [0.29, 0.717) is 29.6 Å². The Hall–Kier alpha value is -2.57. The molecule has 0 amide bonds. The molecule has 1 aromatic heterocycles. The second-order valence-electron chi connectivity index (χ2n) is 6.66. The molecule has 11 heteroatoms. The first-order chi connectivity index (χ1) is 15.2. The van der Waals surface area contributed by atoms with Crippen LogP contribution in [0.3, 0.4) is 0 Å². The van der Waals surface area contributed by atoms with Gasteiger partial charge in [-0.05, 0) is 38.0 Å². The number of guanidine groups is 1. The fourth-order valence-corrected chi connectivity index (χ4v) is 2.94. The summed E-state index contributed by atoms with van der Waals surface area (Å²) in [5.74, 6) is 2.36. The molecule has 2 heterocycles. The van der Waals surface area contributed by atoms with Crippen molar-refractivity contribution in [3.63, 3.8) is 0 Å². The molecule has 1 aliphatic rings. The highest BCUT2D eigenvalue weighted by Gasteiger charge is 2.20. The Morgan fingerprint density at radius 2 is 1.94 bits per heavy atom. The number of ether oxygens (including phenoxy) is 3. The first kappa shape index (κ1) is 25.7. The molecule has 176 valence electrons. The minimum Gasteiger partial charge on any atom is -0.454 e. The molecule has 0 aliphatic carbocycles. The zero-order chi connectivity index (χ0) is 21.9. The van der Waals surface area contributed by atoms with Crippen molar-refractivity contribution < 1.29 is 23.0 Å². The van der Waals surface area contributed by atoms with E-state index in [1.54, 1.807) is 12.3 Å². The summed E-state index contributed by atoms with van der Waals surface area (Å²) in [6, 6.07) is 8.78. The molecule has 0 bridgehead atoms. The maximum absolute atomic E-state index is 12.8. The SMILES string of the molecule is CCNC(=NCc1cc2c(cc1OC(F)F)OCO2)NCCCCNc1ccccn1.I. The zero-order valence-electron chi connectivity index (χ0n) is 17.8. The smallest absolute Gasteiger partial charge is 0.387 e. The van der Waals surface area contributed by atoms with E-state index >= 15 is 0 Å². The van der Waals surface area contributed by atoms with Crippen molar-refractivity contribution in [3.05, 3.63) is 42.1 Å². The lowest BCUT2D eigenvalue weighted by Gasteiger charge is -2.13. The van der Waals surface area contributed by atoms with E-state index in [1.807, 2.05) is 25.1 Å². The minimum atomic E-state index is -2.94. The van der Waals surface area contributed by atoms with E-state index in [9.17, 15) is 8.78 Å². The van der Waals surface area contributed by atoms with Crippen molar-refractivity contribution in [1.82, 2.24) is 15.6 Å². The number of nitrogens with zero attached hydrogens (tertiary/aromatic N) is 2. The first-order valence-electron chi connectivity index (χ1n) is 10.2. The number of benzene rings is 1. The topological polar surface area (TPSA) is 89.0 Å². The molecule has 0 saturated carbocycles. The standard InChI is InChI=1S/C21H27F2N5O3.HI/c1-2-24-21(27-10-6-5-9-26-19-7-3-4-8-25-19)28-13-15-11-17-18(30-14-29-17)12-16(15)31-20(22)23;/h3-4,7-8,11-12,20H,2,5-6,9-10,13-14H2,1H3,(H,25,26)(H2,24,27,28);1H. The first-order valence-corrected chi connectivity index (χ1v) is 10.2. The molecule has 32 heavy (non-hydrogen) atoms. The second-order valence-corrected chi connectivity index (χ2v) is 6.66. The fourth-order valence-electron chi connectivity index (χ4n) is 2.94. The quantitative estimate of drug-likeness (QED) is 0.165. The van der Waals surface area contributed by atoms with Crippen LogP contribution in [0.5, 0.6) is 17.2 Å². The third-order valence-corrected chi connectivity index (χ3v) is 4.39. The van der Waals surface area contributed by atoms with Crippen LogP contribution >= 0.6 is 24.0 Å². The summed E-state index contributed by atoms with van der Waals surface area (Å²) < 4.78 is 40.8. The Morgan fingerprint density at radius 1 is 1.16 bits per heavy atom. The fraction of sp³-hybridized carbons (Fsp3) is 0.429. The zero-order valence-corrected chi connectivity index (χ0v) is 20.1. The Labute approximate surface area is 203 Å². The van der Waals surface area contributed by atoms with Crippen LogP contribution in [-0.4, -0.2) is 44.0 Å². The highest BCUT2D eigenvalue weighted by atomic mass is 127. The van der Waals surface area contributed by atoms with Crippen LogP contribution in [0.1, 0.15) is 25.3 Å². The van der Waals surface area contributed by atoms with Crippen molar-refractivity contribution >= 4 is 35.8 Å². The van der Waals surface area contributed by atoms with Gasteiger partial charge in [0.1, 0.15) is 11.6 Å². The van der Waals surface area contributed by atoms with E-state index in [1.165, 1.54) is 6.07 Å². The Bertz CT molecular complexity index is 859. The predicted molar refractivity (Wildman–Crippen MR) is 129 cm³/mol. The van der Waals surface area contributed by atoms with Gasteiger partial charge < -0.3 is 30.2 Å². The number of halogens is 3. The van der Waals surface area contributed by atoms with Gasteiger partial charge in [0, 0.05) is 37.5 Å². The van der Waals surface area contributed by atoms with E-state index in [4.69, 9.17) is 9.47 Å². The summed E-state index contributed by atoms with van der Waals surface area (Å²) >= 11 is 0. The average Bonchev–Trinajstić information content (AvgIpc) is 3.21. The van der Waals surface area contributed by atoms with Gasteiger partial charge in [-0.25, -0.2) is 9.98 Å². The van der Waals surface area contributed by atoms with Crippen LogP contribution in [0.4, 0.5) is 14.6 Å². The van der Waals surface area contributed by atoms with Gasteiger partial charge in [0.25, 0.3) is 0 Å². The third-order valence-electron chi connectivity index (χ3n) is 4.39. The van der Waals surface area contributed by atoms with Crippen molar-refractivity contribution in [2.24, 2.45) is 4.99 Å². The maximum atomic E-state index is 12.8. The van der Waals surface area contributed by atoms with Crippen LogP contribution in [0.2, 0.25) is 0 Å². The third kappa shape index (κ3) is 8.17. The molecular weight excluding hydrogens is 535 g/mol. The van der Waals surface area contributed by atoms with Gasteiger partial charge >= 0.3 is 6.61 Å². The summed E-state index contributed by atoms with van der Waals surface area (Å²) in [6.45, 7) is 1.43. The molecule has 8 nitrogen and oxygen atoms in total. The maximum Gasteiger partial charge on any atom is 0.387 e. The second kappa shape index (κ2) is 13.8. The number of unbranched alkanes of at least 4 members (excludes halogenated alkanes) is 1. The normalized spacial score (nSPS) is 12.3. The molecule has 3 N–H and O–H groups in total. The Kier molecular flexibility index (Phi) is 11.0. The molecule has 0 unspecified atom stereocenters. The van der Waals surface area contributed by atoms with Crippen LogP contribution in [0.15, 0.2) is 41.5 Å². The number of anilines is 1. The number of hydrogen-bond acceptors (Lipinski definition) is 6. The van der Waals surface area contributed by atoms with Gasteiger partial charge in [-0.15, -0.1) is 24.0 Å². The van der Waals surface area contributed by atoms with Crippen molar-refractivity contribution in [1.29, 1.82) is 0 Å². The van der Waals surface area contributed by atoms with Gasteiger partial charge in [-0.3, -0.25) is 0 Å². The minimum absolute atomic E-state index is 0. The number of aliphatic imine (C=N–C) groups is 1. The molecule has 1 aromatic carbocycles. The molecule has 0 saturated heterocycles. The van der Waals surface area contributed by atoms with Crippen molar-refractivity contribution in [2.45, 2.75) is 32.9 Å². The number of fused-ring (bicyclic) bond motifs is 1. The van der Waals surface area contributed by atoms with Gasteiger partial charge in [0.05, 0.1) is 6.54 Å². The summed E-state index contributed by atoms with van der Waals surface area (Å²) in [5, 5.41) is 9.67. The summed E-state index contributed by atoms with van der Waals surface area (Å²) in [6.07, 6.45) is 3.63. The summed E-state index contributed by atoms with van der Waals surface area (Å²) in [5.41, 5.74) is 0.487. The average molecular weight is 563 g/mol. The van der Waals surface area contributed by atoms with E-state index < -0.39 is 6.61 Å². The molecule has 2 aromatic rings. The number of nitrogens with one attached hydrogen (secondary N) is 3. The number of rotatable bonds is 11. The molecule has 3 rings (SSSR count). The molecule has 0 atom stereocenters. The lowest BCUT2D eigenvalue weighted by molar-refractivity contribution is -0.0505. The Morgan fingerprint density at radius 3 is 2.66 bits per heavy atom. The van der Waals surface area contributed by atoms with Crippen molar-refractivity contribution in [2.75, 3.05) is 31.7 Å². The lowest BCUT2D eigenvalue weighted by Crippen LogP contribution is -2.37. The predicted octanol–water partition coefficient (Wildman–Crippen LogP) is 3.98. The summed E-state index contributed by atoms with van der Waals surface area (Å²) in [7, 11) is 0. The van der Waals surface area contributed by atoms with E-state index in [0.717, 1.165) is 31.7 Å². The molecule has 0 fully saturated rings. The highest BCUT2D eigenvalue weighted by Crippen LogP contribution is 2.39. The number of hydrogen-bond donors (Lipinski definition) is 3. The molecular formula is C21H28F2IN5O3. The van der Waals surface area contributed by atoms with Crippen LogP contribution in [0, 0.1) is 0 Å². The number of aromatic nitrogens is 1. The summed E-state index contributed by atoms with van der Waals surface area (Å²) in [4.78, 5) is 8.71. The molecule has 0 radical (unpaired) electrons. The van der Waals surface area contributed by atoms with Gasteiger partial charge in [0.15, 0.2) is 17.5 Å². The van der Waals surface area contributed by atoms with Crippen LogP contribution in [-0.2, 0) is 6.54 Å². The van der Waals surface area contributed by atoms with E-state index in [2.05, 4.69) is 30.7 Å². The largest absolute Gasteiger partial charge is 0.454 e. The van der Waals surface area contributed by atoms with Gasteiger partial charge in [-0.2, -0.15) is 8.78 Å². The monoisotopic (exact) mass is 563 g/mol. The highest BCUT2D eigenvalue weighted by molar-refractivity contribution is 14.0. The number of pyridine rings is 1. The lowest BCUT2D eigenvalue weighted by atomic mass is 10.1.